The van der Waals surface area contributed by atoms with Crippen LogP contribution in [0.25, 0.3) is 0 Å². The number of nitrogens with two attached hydrogens (primary N) is 1. The third kappa shape index (κ3) is 5.25. The van der Waals surface area contributed by atoms with Crippen LogP contribution in [0.3, 0.4) is 0 Å². The topological polar surface area (TPSA) is 64.3 Å². The van der Waals surface area contributed by atoms with Crippen LogP contribution in [0.2, 0.25) is 0 Å². The van der Waals surface area contributed by atoms with Gasteiger partial charge in [0.25, 0.3) is 0 Å². The summed E-state index contributed by atoms with van der Waals surface area (Å²) in [6, 6.07) is 3.71. The SMILES string of the molecule is COc1ccc(CNC(=O)C2CCCCC2(C)N)c(C(F)(F)F)c1.Cl. The second-order valence-corrected chi connectivity index (χ2v) is 6.54. The number of methoxy groups -OCH3 is 1. The molecule has 3 N–H and O–H groups in total. The molecule has 0 spiro atoms. The van der Waals surface area contributed by atoms with Crippen molar-refractivity contribution in [3.05, 3.63) is 29.3 Å². The van der Waals surface area contributed by atoms with Crippen molar-refractivity contribution in [2.75, 3.05) is 7.11 Å². The minimum absolute atomic E-state index is 0. The molecule has 142 valence electrons. The van der Waals surface area contributed by atoms with Crippen molar-refractivity contribution in [3.63, 3.8) is 0 Å². The molecule has 0 saturated heterocycles. The van der Waals surface area contributed by atoms with Crippen molar-refractivity contribution >= 4 is 18.3 Å². The highest BCUT2D eigenvalue weighted by Crippen LogP contribution is 2.35. The first-order valence-electron chi connectivity index (χ1n) is 7.96. The van der Waals surface area contributed by atoms with E-state index in [1.807, 2.05) is 6.92 Å². The van der Waals surface area contributed by atoms with Crippen molar-refractivity contribution in [3.8, 4) is 5.75 Å². The van der Waals surface area contributed by atoms with Crippen LogP contribution in [0.4, 0.5) is 13.2 Å². The molecule has 0 aromatic heterocycles. The van der Waals surface area contributed by atoms with Gasteiger partial charge in [-0.1, -0.05) is 18.9 Å². The number of halogens is 4. The Morgan fingerprint density at radius 3 is 2.64 bits per heavy atom. The van der Waals surface area contributed by atoms with Gasteiger partial charge in [-0.3, -0.25) is 4.79 Å². The molecule has 1 aromatic rings. The van der Waals surface area contributed by atoms with Gasteiger partial charge < -0.3 is 15.8 Å². The van der Waals surface area contributed by atoms with Crippen LogP contribution in [0.15, 0.2) is 18.2 Å². The Morgan fingerprint density at radius 1 is 1.40 bits per heavy atom. The summed E-state index contributed by atoms with van der Waals surface area (Å²) in [6.45, 7) is 1.63. The van der Waals surface area contributed by atoms with Gasteiger partial charge in [0.2, 0.25) is 5.91 Å². The van der Waals surface area contributed by atoms with Crippen molar-refractivity contribution in [1.82, 2.24) is 5.32 Å². The molecule has 2 unspecified atom stereocenters. The highest BCUT2D eigenvalue weighted by molar-refractivity contribution is 5.85. The first-order chi connectivity index (χ1) is 11.1. The lowest BCUT2D eigenvalue weighted by atomic mass is 9.74. The third-order valence-electron chi connectivity index (χ3n) is 4.65. The summed E-state index contributed by atoms with van der Waals surface area (Å²) in [5.41, 5.74) is 4.76. The van der Waals surface area contributed by atoms with E-state index in [-0.39, 0.29) is 42.1 Å². The number of amides is 1. The zero-order valence-corrected chi connectivity index (χ0v) is 15.1. The first kappa shape index (κ1) is 21.6. The van der Waals surface area contributed by atoms with Crippen LogP contribution in [-0.2, 0) is 17.5 Å². The van der Waals surface area contributed by atoms with E-state index in [1.165, 1.54) is 19.2 Å². The van der Waals surface area contributed by atoms with E-state index in [2.05, 4.69) is 5.32 Å². The molecule has 0 aliphatic heterocycles. The van der Waals surface area contributed by atoms with Crippen molar-refractivity contribution in [1.29, 1.82) is 0 Å². The van der Waals surface area contributed by atoms with Gasteiger partial charge in [-0.25, -0.2) is 0 Å². The molecule has 1 fully saturated rings. The van der Waals surface area contributed by atoms with E-state index in [9.17, 15) is 18.0 Å². The Kier molecular flexibility index (Phi) is 7.14. The predicted molar refractivity (Wildman–Crippen MR) is 91.6 cm³/mol. The zero-order chi connectivity index (χ0) is 18.0. The zero-order valence-electron chi connectivity index (χ0n) is 14.3. The Balaban J connectivity index is 0.00000312. The summed E-state index contributed by atoms with van der Waals surface area (Å²) in [7, 11) is 1.31. The fraction of sp³-hybridized carbons (Fsp3) is 0.588. The summed E-state index contributed by atoms with van der Waals surface area (Å²) >= 11 is 0. The summed E-state index contributed by atoms with van der Waals surface area (Å²) in [4.78, 5) is 12.4. The fourth-order valence-electron chi connectivity index (χ4n) is 3.20. The van der Waals surface area contributed by atoms with Crippen molar-refractivity contribution in [2.24, 2.45) is 11.7 Å². The Bertz CT molecular complexity index is 606. The quantitative estimate of drug-likeness (QED) is 0.837. The summed E-state index contributed by atoms with van der Waals surface area (Å²) in [5, 5.41) is 2.61. The van der Waals surface area contributed by atoms with E-state index < -0.39 is 17.3 Å². The van der Waals surface area contributed by atoms with E-state index >= 15 is 0 Å². The number of nitrogens with one attached hydrogen (secondary N) is 1. The van der Waals surface area contributed by atoms with Gasteiger partial charge in [0.15, 0.2) is 0 Å². The third-order valence-corrected chi connectivity index (χ3v) is 4.65. The van der Waals surface area contributed by atoms with E-state index in [4.69, 9.17) is 10.5 Å². The van der Waals surface area contributed by atoms with Crippen molar-refractivity contribution < 1.29 is 22.7 Å². The average molecular weight is 381 g/mol. The monoisotopic (exact) mass is 380 g/mol. The van der Waals surface area contributed by atoms with Gasteiger partial charge in [-0.2, -0.15) is 13.2 Å². The molecule has 0 bridgehead atoms. The lowest BCUT2D eigenvalue weighted by molar-refractivity contribution is -0.138. The maximum absolute atomic E-state index is 13.2. The minimum Gasteiger partial charge on any atom is -0.497 e. The molecule has 8 heteroatoms. The molecule has 1 aliphatic carbocycles. The maximum Gasteiger partial charge on any atom is 0.416 e. The number of hydrogen-bond acceptors (Lipinski definition) is 3. The van der Waals surface area contributed by atoms with Gasteiger partial charge in [0, 0.05) is 12.1 Å². The minimum atomic E-state index is -4.51. The summed E-state index contributed by atoms with van der Waals surface area (Å²) in [6.07, 6.45) is -1.24. The number of benzene rings is 1. The van der Waals surface area contributed by atoms with Crippen LogP contribution < -0.4 is 15.8 Å². The molecule has 1 amide bonds. The highest BCUT2D eigenvalue weighted by Gasteiger charge is 2.38. The first-order valence-corrected chi connectivity index (χ1v) is 7.96. The van der Waals surface area contributed by atoms with Crippen LogP contribution in [-0.4, -0.2) is 18.6 Å². The van der Waals surface area contributed by atoms with Gasteiger partial charge in [-0.05, 0) is 37.5 Å². The van der Waals surface area contributed by atoms with Crippen LogP contribution in [0.1, 0.15) is 43.7 Å². The van der Waals surface area contributed by atoms with Crippen LogP contribution in [0, 0.1) is 5.92 Å². The number of rotatable bonds is 4. The largest absolute Gasteiger partial charge is 0.497 e. The maximum atomic E-state index is 13.2. The number of hydrogen-bond donors (Lipinski definition) is 2. The highest BCUT2D eigenvalue weighted by atomic mass is 35.5. The Hall–Kier alpha value is -1.47. The molecule has 0 heterocycles. The van der Waals surface area contributed by atoms with E-state index in [0.29, 0.717) is 6.42 Å². The lowest BCUT2D eigenvalue weighted by Crippen LogP contribution is -2.52. The summed E-state index contributed by atoms with van der Waals surface area (Å²) < 4.78 is 44.4. The Labute approximate surface area is 151 Å². The van der Waals surface area contributed by atoms with Crippen LogP contribution >= 0.6 is 12.4 Å². The standard InChI is InChI=1S/C17H23F3N2O2.ClH/c1-16(21)8-4-3-5-13(16)15(23)22-10-11-6-7-12(24-2)9-14(11)17(18,19)20;/h6-7,9,13H,3-5,8,10,21H2,1-2H3,(H,22,23);1H. The second kappa shape index (κ2) is 8.27. The lowest BCUT2D eigenvalue weighted by Gasteiger charge is -2.37. The number of ether oxygens (including phenoxy) is 1. The molecule has 1 aliphatic rings. The number of carbonyl (C=O) groups excluding carboxylic acids is 1. The van der Waals surface area contributed by atoms with Gasteiger partial charge in [0.05, 0.1) is 18.6 Å². The fourth-order valence-corrected chi connectivity index (χ4v) is 3.20. The van der Waals surface area contributed by atoms with Gasteiger partial charge in [0.1, 0.15) is 5.75 Å². The van der Waals surface area contributed by atoms with Gasteiger partial charge in [-0.15, -0.1) is 12.4 Å². The summed E-state index contributed by atoms with van der Waals surface area (Å²) in [5.74, 6) is -0.540. The van der Waals surface area contributed by atoms with Crippen LogP contribution in [0.5, 0.6) is 5.75 Å². The molecule has 25 heavy (non-hydrogen) atoms. The molecular weight excluding hydrogens is 357 g/mol. The second-order valence-electron chi connectivity index (χ2n) is 6.54. The molecule has 2 atom stereocenters. The number of carbonyl (C=O) groups is 1. The van der Waals surface area contributed by atoms with Gasteiger partial charge >= 0.3 is 6.18 Å². The normalized spacial score (nSPS) is 23.5. The molecule has 1 aromatic carbocycles. The average Bonchev–Trinajstić information content (AvgIpc) is 2.51. The predicted octanol–water partition coefficient (Wildman–Crippen LogP) is 3.66. The Morgan fingerprint density at radius 2 is 2.08 bits per heavy atom. The molecule has 1 saturated carbocycles. The smallest absolute Gasteiger partial charge is 0.416 e. The number of alkyl halides is 3. The van der Waals surface area contributed by atoms with E-state index in [0.717, 1.165) is 25.3 Å². The van der Waals surface area contributed by atoms with E-state index in [1.54, 1.807) is 0 Å². The molecule has 4 nitrogen and oxygen atoms in total. The van der Waals surface area contributed by atoms with Crippen molar-refractivity contribution in [2.45, 2.75) is 50.9 Å². The molecular formula is C17H24ClF3N2O2. The molecule has 0 radical (unpaired) electrons. The molecule has 2 rings (SSSR count).